The predicted molar refractivity (Wildman–Crippen MR) is 77.4 cm³/mol. The average molecular weight is 328 g/mol. The third-order valence-electron chi connectivity index (χ3n) is 3.35. The number of carbonyl (C=O) groups excluding carboxylic acids is 1. The SMILES string of the molecule is COc1ccc(C(=O)N2CCC(Br)CC2)c(OC)c1. The van der Waals surface area contributed by atoms with Crippen LogP contribution >= 0.6 is 15.9 Å². The first-order chi connectivity index (χ1) is 9.15. The van der Waals surface area contributed by atoms with Gasteiger partial charge in [-0.1, -0.05) is 15.9 Å². The zero-order chi connectivity index (χ0) is 13.8. The summed E-state index contributed by atoms with van der Waals surface area (Å²) in [4.78, 5) is 14.9. The molecular formula is C14H18BrNO3. The highest BCUT2D eigenvalue weighted by Gasteiger charge is 2.24. The number of carbonyl (C=O) groups is 1. The molecule has 0 N–H and O–H groups in total. The summed E-state index contributed by atoms with van der Waals surface area (Å²) in [5.74, 6) is 1.27. The Kier molecular flexibility index (Phi) is 4.69. The van der Waals surface area contributed by atoms with Crippen LogP contribution in [-0.2, 0) is 0 Å². The molecule has 0 bridgehead atoms. The monoisotopic (exact) mass is 327 g/mol. The Morgan fingerprint density at radius 3 is 2.53 bits per heavy atom. The number of benzene rings is 1. The van der Waals surface area contributed by atoms with Gasteiger partial charge in [-0.2, -0.15) is 0 Å². The third kappa shape index (κ3) is 3.21. The number of likely N-dealkylation sites (tertiary alicyclic amines) is 1. The van der Waals surface area contributed by atoms with E-state index in [1.807, 2.05) is 4.90 Å². The van der Waals surface area contributed by atoms with E-state index in [1.165, 1.54) is 0 Å². The van der Waals surface area contributed by atoms with Gasteiger partial charge in [-0.15, -0.1) is 0 Å². The van der Waals surface area contributed by atoms with Gasteiger partial charge in [-0.25, -0.2) is 0 Å². The van der Waals surface area contributed by atoms with E-state index in [0.29, 0.717) is 21.9 Å². The van der Waals surface area contributed by atoms with Gasteiger partial charge >= 0.3 is 0 Å². The van der Waals surface area contributed by atoms with Crippen LogP contribution in [0.1, 0.15) is 23.2 Å². The fourth-order valence-electron chi connectivity index (χ4n) is 2.20. The van der Waals surface area contributed by atoms with E-state index in [1.54, 1.807) is 32.4 Å². The molecule has 0 aromatic heterocycles. The van der Waals surface area contributed by atoms with Crippen molar-refractivity contribution in [2.45, 2.75) is 17.7 Å². The Bertz CT molecular complexity index is 456. The van der Waals surface area contributed by atoms with Crippen molar-refractivity contribution in [3.05, 3.63) is 23.8 Å². The Morgan fingerprint density at radius 1 is 1.26 bits per heavy atom. The fraction of sp³-hybridized carbons (Fsp3) is 0.500. The van der Waals surface area contributed by atoms with Crippen LogP contribution < -0.4 is 9.47 Å². The van der Waals surface area contributed by atoms with Crippen molar-refractivity contribution in [3.8, 4) is 11.5 Å². The number of hydrogen-bond acceptors (Lipinski definition) is 3. The molecule has 0 saturated carbocycles. The van der Waals surface area contributed by atoms with Crippen LogP contribution in [0.5, 0.6) is 11.5 Å². The van der Waals surface area contributed by atoms with Crippen LogP contribution in [0.4, 0.5) is 0 Å². The molecule has 1 heterocycles. The summed E-state index contributed by atoms with van der Waals surface area (Å²) < 4.78 is 10.4. The molecule has 0 aliphatic carbocycles. The van der Waals surface area contributed by atoms with Gasteiger partial charge in [0.15, 0.2) is 0 Å². The second kappa shape index (κ2) is 6.28. The van der Waals surface area contributed by atoms with E-state index in [9.17, 15) is 4.79 Å². The van der Waals surface area contributed by atoms with Gasteiger partial charge in [0.05, 0.1) is 19.8 Å². The molecule has 1 saturated heterocycles. The van der Waals surface area contributed by atoms with Gasteiger partial charge in [-0.05, 0) is 25.0 Å². The highest BCUT2D eigenvalue weighted by atomic mass is 79.9. The molecule has 104 valence electrons. The minimum Gasteiger partial charge on any atom is -0.497 e. The largest absolute Gasteiger partial charge is 0.497 e. The molecule has 4 nitrogen and oxygen atoms in total. The molecule has 0 spiro atoms. The van der Waals surface area contributed by atoms with Gasteiger partial charge in [0.25, 0.3) is 5.91 Å². The van der Waals surface area contributed by atoms with Crippen LogP contribution in [0, 0.1) is 0 Å². The number of rotatable bonds is 3. The first-order valence-electron chi connectivity index (χ1n) is 6.31. The number of methoxy groups -OCH3 is 2. The number of ether oxygens (including phenoxy) is 2. The number of alkyl halides is 1. The molecule has 0 unspecified atom stereocenters. The van der Waals surface area contributed by atoms with Crippen LogP contribution in [0.25, 0.3) is 0 Å². The van der Waals surface area contributed by atoms with E-state index >= 15 is 0 Å². The van der Waals surface area contributed by atoms with E-state index in [2.05, 4.69) is 15.9 Å². The summed E-state index contributed by atoms with van der Waals surface area (Å²) in [6.45, 7) is 1.56. The van der Waals surface area contributed by atoms with E-state index in [-0.39, 0.29) is 5.91 Å². The number of hydrogen-bond donors (Lipinski definition) is 0. The van der Waals surface area contributed by atoms with E-state index < -0.39 is 0 Å². The summed E-state index contributed by atoms with van der Waals surface area (Å²) >= 11 is 3.59. The molecule has 5 heteroatoms. The molecule has 1 aliphatic heterocycles. The van der Waals surface area contributed by atoms with Gasteiger partial charge < -0.3 is 14.4 Å². The summed E-state index contributed by atoms with van der Waals surface area (Å²) in [5.41, 5.74) is 0.594. The normalized spacial score (nSPS) is 16.3. The van der Waals surface area contributed by atoms with Gasteiger partial charge in [0.2, 0.25) is 0 Å². The lowest BCUT2D eigenvalue weighted by Gasteiger charge is -2.30. The number of amides is 1. The minimum atomic E-state index is 0.0268. The Labute approximate surface area is 121 Å². The number of halogens is 1. The maximum atomic E-state index is 12.5. The standard InChI is InChI=1S/C14H18BrNO3/c1-18-11-3-4-12(13(9-11)19-2)14(17)16-7-5-10(15)6-8-16/h3-4,9-10H,5-8H2,1-2H3. The Morgan fingerprint density at radius 2 is 1.95 bits per heavy atom. The zero-order valence-corrected chi connectivity index (χ0v) is 12.8. The highest BCUT2D eigenvalue weighted by Crippen LogP contribution is 2.27. The van der Waals surface area contributed by atoms with Gasteiger partial charge in [0.1, 0.15) is 11.5 Å². The lowest BCUT2D eigenvalue weighted by atomic mass is 10.1. The topological polar surface area (TPSA) is 38.8 Å². The smallest absolute Gasteiger partial charge is 0.257 e. The molecule has 1 fully saturated rings. The summed E-state index contributed by atoms with van der Waals surface area (Å²) in [6, 6.07) is 5.29. The second-order valence-corrected chi connectivity index (χ2v) is 5.83. The third-order valence-corrected chi connectivity index (χ3v) is 4.27. The average Bonchev–Trinajstić information content (AvgIpc) is 2.46. The van der Waals surface area contributed by atoms with Gasteiger partial charge in [0, 0.05) is 24.0 Å². The molecule has 1 amide bonds. The lowest BCUT2D eigenvalue weighted by molar-refractivity contribution is 0.0725. The Hall–Kier alpha value is -1.23. The van der Waals surface area contributed by atoms with Crippen molar-refractivity contribution in [2.75, 3.05) is 27.3 Å². The van der Waals surface area contributed by atoms with Crippen molar-refractivity contribution in [2.24, 2.45) is 0 Å². The molecule has 19 heavy (non-hydrogen) atoms. The molecule has 1 aromatic carbocycles. The molecule has 1 aliphatic rings. The van der Waals surface area contributed by atoms with Crippen LogP contribution in [-0.4, -0.2) is 42.9 Å². The predicted octanol–water partition coefficient (Wildman–Crippen LogP) is 2.70. The first kappa shape index (κ1) is 14.2. The first-order valence-corrected chi connectivity index (χ1v) is 7.22. The van der Waals surface area contributed by atoms with E-state index in [4.69, 9.17) is 9.47 Å². The molecule has 2 rings (SSSR count). The van der Waals surface area contributed by atoms with Crippen molar-refractivity contribution in [3.63, 3.8) is 0 Å². The van der Waals surface area contributed by atoms with E-state index in [0.717, 1.165) is 25.9 Å². The highest BCUT2D eigenvalue weighted by molar-refractivity contribution is 9.09. The maximum absolute atomic E-state index is 12.5. The molecule has 0 radical (unpaired) electrons. The van der Waals surface area contributed by atoms with Crippen molar-refractivity contribution in [1.82, 2.24) is 4.90 Å². The van der Waals surface area contributed by atoms with Gasteiger partial charge in [-0.3, -0.25) is 4.79 Å². The molecule has 0 atom stereocenters. The second-order valence-electron chi connectivity index (χ2n) is 4.53. The lowest BCUT2D eigenvalue weighted by Crippen LogP contribution is -2.38. The summed E-state index contributed by atoms with van der Waals surface area (Å²) in [6.07, 6.45) is 1.98. The quantitative estimate of drug-likeness (QED) is 0.801. The molecule has 1 aromatic rings. The zero-order valence-electron chi connectivity index (χ0n) is 11.2. The maximum Gasteiger partial charge on any atom is 0.257 e. The van der Waals surface area contributed by atoms with Crippen LogP contribution in [0.2, 0.25) is 0 Å². The van der Waals surface area contributed by atoms with Crippen LogP contribution in [0.15, 0.2) is 18.2 Å². The Balaban J connectivity index is 2.18. The molecular weight excluding hydrogens is 310 g/mol. The number of piperidine rings is 1. The fourth-order valence-corrected chi connectivity index (χ4v) is 2.61. The van der Waals surface area contributed by atoms with Crippen LogP contribution in [0.3, 0.4) is 0 Å². The van der Waals surface area contributed by atoms with Crippen molar-refractivity contribution in [1.29, 1.82) is 0 Å². The van der Waals surface area contributed by atoms with Crippen molar-refractivity contribution >= 4 is 21.8 Å². The summed E-state index contributed by atoms with van der Waals surface area (Å²) in [5, 5.41) is 0. The minimum absolute atomic E-state index is 0.0268. The number of nitrogens with zero attached hydrogens (tertiary/aromatic N) is 1. The van der Waals surface area contributed by atoms with Crippen molar-refractivity contribution < 1.29 is 14.3 Å². The summed E-state index contributed by atoms with van der Waals surface area (Å²) in [7, 11) is 3.16.